The lowest BCUT2D eigenvalue weighted by Gasteiger charge is -2.47. The number of carboxylic acid groups (broad SMARTS) is 1. The van der Waals surface area contributed by atoms with Gasteiger partial charge in [0.1, 0.15) is 11.3 Å². The largest absolute Gasteiger partial charge is 0.490 e. The number of amides is 2. The van der Waals surface area contributed by atoms with Gasteiger partial charge in [-0.1, -0.05) is 11.6 Å². The van der Waals surface area contributed by atoms with Crippen molar-refractivity contribution < 1.29 is 37.4 Å². The third-order valence-corrected chi connectivity index (χ3v) is 7.74. The van der Waals surface area contributed by atoms with Crippen molar-refractivity contribution in [3.8, 4) is 0 Å². The number of aliphatic carboxylic acids is 1. The Morgan fingerprint density at radius 1 is 1.13 bits per heavy atom. The van der Waals surface area contributed by atoms with Gasteiger partial charge in [0, 0.05) is 6.54 Å². The maximum absolute atomic E-state index is 13.5. The molecular weight excluding hydrogens is 541 g/mol. The van der Waals surface area contributed by atoms with Crippen LogP contribution in [0.2, 0.25) is 5.15 Å². The number of rotatable bonds is 4. The zero-order valence-corrected chi connectivity index (χ0v) is 21.5. The fourth-order valence-electron chi connectivity index (χ4n) is 5.21. The van der Waals surface area contributed by atoms with Crippen LogP contribution in [0.1, 0.15) is 56.3 Å². The first kappa shape index (κ1) is 27.2. The Morgan fingerprint density at radius 3 is 2.38 bits per heavy atom. The number of carboxylic acids is 1. The molecule has 3 aliphatic carbocycles. The van der Waals surface area contributed by atoms with Crippen LogP contribution in [-0.2, 0) is 26.2 Å². The maximum Gasteiger partial charge on any atom is 0.490 e. The molecule has 2 aromatic heterocycles. The van der Waals surface area contributed by atoms with Crippen molar-refractivity contribution in [3.05, 3.63) is 47.0 Å². The van der Waals surface area contributed by atoms with Gasteiger partial charge in [0.15, 0.2) is 0 Å². The second kappa shape index (κ2) is 9.96. The lowest BCUT2D eigenvalue weighted by molar-refractivity contribution is -0.192. The van der Waals surface area contributed by atoms with Crippen LogP contribution >= 0.6 is 11.6 Å². The predicted molar refractivity (Wildman–Crippen MR) is 134 cm³/mol. The standard InChI is InChI=1S/C24H25ClN4O3.C2HF3O2/c25-20-8-3-15(12-26-20)27-21(30)24(13-23(14-24)9-10-23)19-7-6-18-17(28-19)2-1-11-29(18)22(31)32-16-4-5-16;3-2(4,5)1(6)7/h3,6-8,12,16H,1-2,4-5,9-11,13-14H2,(H,27,30);(H,6,7). The number of aromatic nitrogens is 2. The van der Waals surface area contributed by atoms with Gasteiger partial charge < -0.3 is 15.2 Å². The van der Waals surface area contributed by atoms with Crippen LogP contribution in [0.5, 0.6) is 0 Å². The molecule has 4 aliphatic rings. The van der Waals surface area contributed by atoms with Crippen molar-refractivity contribution in [2.75, 3.05) is 16.8 Å². The number of ether oxygens (including phenoxy) is 1. The van der Waals surface area contributed by atoms with E-state index in [0.29, 0.717) is 22.8 Å². The molecule has 0 atom stereocenters. The minimum Gasteiger partial charge on any atom is -0.475 e. The number of alkyl halides is 3. The summed E-state index contributed by atoms with van der Waals surface area (Å²) >= 11 is 5.88. The van der Waals surface area contributed by atoms with Crippen LogP contribution in [-0.4, -0.2) is 51.9 Å². The summed E-state index contributed by atoms with van der Waals surface area (Å²) in [6, 6.07) is 7.30. The highest BCUT2D eigenvalue weighted by Gasteiger charge is 2.65. The van der Waals surface area contributed by atoms with Crippen molar-refractivity contribution in [1.29, 1.82) is 0 Å². The molecule has 3 fully saturated rings. The van der Waals surface area contributed by atoms with Crippen molar-refractivity contribution in [2.24, 2.45) is 5.41 Å². The third kappa shape index (κ3) is 5.80. The molecule has 3 saturated carbocycles. The highest BCUT2D eigenvalue weighted by atomic mass is 35.5. The van der Waals surface area contributed by atoms with E-state index < -0.39 is 17.6 Å². The number of hydrogen-bond donors (Lipinski definition) is 2. The van der Waals surface area contributed by atoms with Gasteiger partial charge >= 0.3 is 18.2 Å². The highest BCUT2D eigenvalue weighted by Crippen LogP contribution is 2.69. The molecule has 2 aromatic rings. The Balaban J connectivity index is 0.000000392. The van der Waals surface area contributed by atoms with Gasteiger partial charge in [0.05, 0.1) is 34.4 Å². The number of halogens is 4. The summed E-state index contributed by atoms with van der Waals surface area (Å²) in [4.78, 5) is 45.7. The van der Waals surface area contributed by atoms with E-state index in [1.807, 2.05) is 12.1 Å². The molecule has 0 radical (unpaired) electrons. The Labute approximate surface area is 226 Å². The van der Waals surface area contributed by atoms with E-state index in [9.17, 15) is 22.8 Å². The monoisotopic (exact) mass is 566 g/mol. The lowest BCUT2D eigenvalue weighted by atomic mass is 9.57. The third-order valence-electron chi connectivity index (χ3n) is 7.51. The van der Waals surface area contributed by atoms with Crippen LogP contribution in [0.15, 0.2) is 30.5 Å². The first-order valence-corrected chi connectivity index (χ1v) is 13.0. The number of carbonyl (C=O) groups excluding carboxylic acids is 2. The lowest BCUT2D eigenvalue weighted by Crippen LogP contribution is -2.52. The molecule has 1 spiro atoms. The summed E-state index contributed by atoms with van der Waals surface area (Å²) < 4.78 is 37.3. The van der Waals surface area contributed by atoms with Crippen molar-refractivity contribution in [3.63, 3.8) is 0 Å². The van der Waals surface area contributed by atoms with E-state index in [-0.39, 0.29) is 18.1 Å². The van der Waals surface area contributed by atoms with Gasteiger partial charge in [0.2, 0.25) is 5.91 Å². The van der Waals surface area contributed by atoms with Gasteiger partial charge in [-0.2, -0.15) is 13.2 Å². The topological polar surface area (TPSA) is 122 Å². The minimum atomic E-state index is -5.08. The molecule has 0 aromatic carbocycles. The SMILES string of the molecule is O=C(O)C(F)(F)F.O=C(OC1CC1)N1CCCc2nc(C3(C(=O)Nc4ccc(Cl)nc4)CC4(CC4)C3)ccc21. The number of nitrogens with one attached hydrogen (secondary N) is 1. The first-order valence-electron chi connectivity index (χ1n) is 12.6. The molecular formula is C26H26ClF3N4O5. The van der Waals surface area contributed by atoms with Crippen LogP contribution < -0.4 is 10.2 Å². The molecule has 13 heteroatoms. The van der Waals surface area contributed by atoms with E-state index in [1.54, 1.807) is 23.2 Å². The first-order chi connectivity index (χ1) is 18.4. The van der Waals surface area contributed by atoms with Gasteiger partial charge in [-0.05, 0) is 81.0 Å². The number of nitrogens with zero attached hydrogens (tertiary/aromatic N) is 3. The molecule has 0 unspecified atom stereocenters. The average Bonchev–Trinajstić information content (AvgIpc) is 3.79. The van der Waals surface area contributed by atoms with Crippen LogP contribution in [0, 0.1) is 5.41 Å². The van der Waals surface area contributed by atoms with Crippen molar-refractivity contribution in [1.82, 2.24) is 9.97 Å². The average molecular weight is 567 g/mol. The number of aryl methyl sites for hydroxylation is 1. The molecule has 2 amide bonds. The van der Waals surface area contributed by atoms with Gasteiger partial charge in [-0.25, -0.2) is 14.6 Å². The molecule has 2 N–H and O–H groups in total. The summed E-state index contributed by atoms with van der Waals surface area (Å²) in [5.74, 6) is -2.81. The zero-order chi connectivity index (χ0) is 28.0. The number of pyridine rings is 2. The van der Waals surface area contributed by atoms with E-state index in [4.69, 9.17) is 31.2 Å². The molecule has 0 bridgehead atoms. The van der Waals surface area contributed by atoms with Crippen LogP contribution in [0.25, 0.3) is 0 Å². The summed E-state index contributed by atoms with van der Waals surface area (Å²) in [6.45, 7) is 0.637. The Hall–Kier alpha value is -3.41. The molecule has 208 valence electrons. The van der Waals surface area contributed by atoms with Crippen molar-refractivity contribution >= 4 is 40.9 Å². The Kier molecular flexibility index (Phi) is 6.94. The number of hydrogen-bond acceptors (Lipinski definition) is 6. The number of fused-ring (bicyclic) bond motifs is 1. The number of carbonyl (C=O) groups is 3. The fourth-order valence-corrected chi connectivity index (χ4v) is 5.33. The maximum atomic E-state index is 13.5. The number of anilines is 2. The summed E-state index contributed by atoms with van der Waals surface area (Å²) in [7, 11) is 0. The fraction of sp³-hybridized carbons (Fsp3) is 0.500. The summed E-state index contributed by atoms with van der Waals surface area (Å²) in [6.07, 6.45) is 3.78. The normalized spacial score (nSPS) is 20.1. The van der Waals surface area contributed by atoms with Crippen LogP contribution in [0.4, 0.5) is 29.3 Å². The molecule has 1 aliphatic heterocycles. The molecule has 6 rings (SSSR count). The predicted octanol–water partition coefficient (Wildman–Crippen LogP) is 5.27. The quantitative estimate of drug-likeness (QED) is 0.484. The summed E-state index contributed by atoms with van der Waals surface area (Å²) in [5, 5.41) is 10.5. The van der Waals surface area contributed by atoms with E-state index in [2.05, 4.69) is 10.3 Å². The molecule has 0 saturated heterocycles. The van der Waals surface area contributed by atoms with E-state index in [0.717, 1.165) is 55.6 Å². The Morgan fingerprint density at radius 2 is 1.82 bits per heavy atom. The van der Waals surface area contributed by atoms with Crippen molar-refractivity contribution in [2.45, 2.75) is 69.1 Å². The molecule has 39 heavy (non-hydrogen) atoms. The highest BCUT2D eigenvalue weighted by molar-refractivity contribution is 6.29. The second-order valence-corrected chi connectivity index (χ2v) is 11.0. The zero-order valence-electron chi connectivity index (χ0n) is 20.8. The van der Waals surface area contributed by atoms with Gasteiger partial charge in [-0.3, -0.25) is 14.7 Å². The van der Waals surface area contributed by atoms with Crippen LogP contribution in [0.3, 0.4) is 0 Å². The van der Waals surface area contributed by atoms with E-state index in [1.165, 1.54) is 12.8 Å². The van der Waals surface area contributed by atoms with Gasteiger partial charge in [0.25, 0.3) is 0 Å². The second-order valence-electron chi connectivity index (χ2n) is 10.6. The van der Waals surface area contributed by atoms with Gasteiger partial charge in [-0.15, -0.1) is 0 Å². The van der Waals surface area contributed by atoms with E-state index >= 15 is 0 Å². The molecule has 9 nitrogen and oxygen atoms in total. The minimum absolute atomic E-state index is 0.0487. The molecule has 3 heterocycles. The summed E-state index contributed by atoms with van der Waals surface area (Å²) in [5.41, 5.74) is 2.75. The Bertz CT molecular complexity index is 1290. The smallest absolute Gasteiger partial charge is 0.475 e.